The minimum atomic E-state index is -3.72. The third kappa shape index (κ3) is 4.77. The molecule has 38 heavy (non-hydrogen) atoms. The Labute approximate surface area is 220 Å². The highest BCUT2D eigenvalue weighted by atomic mass is 32.2. The number of amides is 2. The number of sulfonamides is 1. The van der Waals surface area contributed by atoms with Gasteiger partial charge in [0.1, 0.15) is 4.21 Å². The van der Waals surface area contributed by atoms with Gasteiger partial charge in [0.25, 0.3) is 21.8 Å². The third-order valence-electron chi connectivity index (χ3n) is 5.58. The van der Waals surface area contributed by atoms with Crippen LogP contribution in [0.2, 0.25) is 0 Å². The van der Waals surface area contributed by atoms with Gasteiger partial charge in [-0.3, -0.25) is 18.9 Å². The smallest absolute Gasteiger partial charge is 0.295 e. The number of anilines is 1. The summed E-state index contributed by atoms with van der Waals surface area (Å²) < 4.78 is 28.4. The van der Waals surface area contributed by atoms with Crippen molar-refractivity contribution in [1.29, 1.82) is 0 Å². The van der Waals surface area contributed by atoms with Crippen LogP contribution in [0.3, 0.4) is 0 Å². The summed E-state index contributed by atoms with van der Waals surface area (Å²) >= 11 is 1.08. The van der Waals surface area contributed by atoms with E-state index in [1.807, 2.05) is 0 Å². The Kier molecular flexibility index (Phi) is 6.49. The van der Waals surface area contributed by atoms with Crippen molar-refractivity contribution in [1.82, 2.24) is 4.57 Å². The lowest BCUT2D eigenvalue weighted by atomic mass is 10.2. The molecule has 12 heteroatoms. The topological polar surface area (TPSA) is 150 Å². The molecule has 10 nitrogen and oxygen atoms in total. The summed E-state index contributed by atoms with van der Waals surface area (Å²) in [6.07, 6.45) is 0. The van der Waals surface area contributed by atoms with Gasteiger partial charge in [-0.05, 0) is 72.1 Å². The standard InChI is InChI=1S/C26H18N4O6S2/c31-23(16-7-11-18(12-8-16)29-38(35,36)22-6-3-15-37-22)27-28-24(32)17-9-13-19(14-10-17)30-25(33)20-4-1-2-5-21(20)26(30)34/h1-15,29,33-34H. The highest BCUT2D eigenvalue weighted by Gasteiger charge is 2.18. The number of hydrogen-bond acceptors (Lipinski definition) is 7. The number of nitrogens with zero attached hydrogens (tertiary/aromatic N) is 3. The van der Waals surface area contributed by atoms with Gasteiger partial charge in [0, 0.05) is 27.6 Å². The van der Waals surface area contributed by atoms with Crippen molar-refractivity contribution in [3.05, 3.63) is 101 Å². The maximum Gasteiger partial charge on any atom is 0.295 e. The molecule has 2 heterocycles. The van der Waals surface area contributed by atoms with Crippen LogP contribution in [0, 0.1) is 0 Å². The average molecular weight is 547 g/mol. The molecule has 0 aliphatic carbocycles. The van der Waals surface area contributed by atoms with Crippen LogP contribution in [-0.2, 0) is 10.0 Å². The number of nitrogens with one attached hydrogen (secondary N) is 1. The van der Waals surface area contributed by atoms with E-state index < -0.39 is 21.8 Å². The second-order valence-electron chi connectivity index (χ2n) is 8.00. The molecule has 5 rings (SSSR count). The molecular formula is C26H18N4O6S2. The molecule has 0 bridgehead atoms. The van der Waals surface area contributed by atoms with Gasteiger partial charge in [-0.2, -0.15) is 0 Å². The molecule has 190 valence electrons. The van der Waals surface area contributed by atoms with E-state index >= 15 is 0 Å². The summed E-state index contributed by atoms with van der Waals surface area (Å²) in [6.45, 7) is 0. The first-order chi connectivity index (χ1) is 18.2. The molecule has 0 saturated heterocycles. The Bertz CT molecular complexity index is 1750. The summed E-state index contributed by atoms with van der Waals surface area (Å²) in [6, 6.07) is 21.4. The fourth-order valence-corrected chi connectivity index (χ4v) is 5.77. The van der Waals surface area contributed by atoms with E-state index in [-0.39, 0.29) is 32.8 Å². The normalized spacial score (nSPS) is 11.7. The lowest BCUT2D eigenvalue weighted by Crippen LogP contribution is -2.11. The van der Waals surface area contributed by atoms with Crippen molar-refractivity contribution < 1.29 is 28.2 Å². The molecule has 0 spiro atoms. The van der Waals surface area contributed by atoms with E-state index in [4.69, 9.17) is 0 Å². The monoisotopic (exact) mass is 546 g/mol. The van der Waals surface area contributed by atoms with Crippen molar-refractivity contribution >= 4 is 49.6 Å². The Balaban J connectivity index is 1.26. The van der Waals surface area contributed by atoms with Crippen molar-refractivity contribution in [2.75, 3.05) is 4.72 Å². The van der Waals surface area contributed by atoms with Gasteiger partial charge in [0.15, 0.2) is 0 Å². The Morgan fingerprint density at radius 1 is 0.737 bits per heavy atom. The van der Waals surface area contributed by atoms with Crippen LogP contribution in [0.5, 0.6) is 11.8 Å². The molecule has 3 N–H and O–H groups in total. The van der Waals surface area contributed by atoms with E-state index in [1.54, 1.807) is 35.7 Å². The largest absolute Gasteiger partial charge is 0.494 e. The molecular weight excluding hydrogens is 528 g/mol. The van der Waals surface area contributed by atoms with E-state index in [0.717, 1.165) is 11.3 Å². The van der Waals surface area contributed by atoms with Gasteiger partial charge in [0.05, 0.1) is 5.69 Å². The van der Waals surface area contributed by atoms with Crippen LogP contribution in [0.4, 0.5) is 5.69 Å². The molecule has 0 fully saturated rings. The number of azo groups is 1. The molecule has 0 aliphatic rings. The predicted octanol–water partition coefficient (Wildman–Crippen LogP) is 5.34. The molecule has 0 aliphatic heterocycles. The van der Waals surface area contributed by atoms with Crippen LogP contribution in [0.15, 0.2) is 105 Å². The Hall–Kier alpha value is -4.81. The van der Waals surface area contributed by atoms with Crippen LogP contribution in [-0.4, -0.2) is 35.0 Å². The number of hydrogen-bond donors (Lipinski definition) is 3. The van der Waals surface area contributed by atoms with Crippen molar-refractivity contribution in [3.8, 4) is 17.4 Å². The van der Waals surface area contributed by atoms with Crippen molar-refractivity contribution in [2.45, 2.75) is 4.21 Å². The maximum absolute atomic E-state index is 12.4. The first-order valence-corrected chi connectivity index (χ1v) is 13.4. The quantitative estimate of drug-likeness (QED) is 0.245. The summed E-state index contributed by atoms with van der Waals surface area (Å²) in [5, 5.41) is 30.6. The fraction of sp³-hybridized carbons (Fsp3) is 0. The number of carbonyl (C=O) groups is 2. The molecule has 0 radical (unpaired) electrons. The SMILES string of the molecule is O=C(N=NC(=O)c1ccc(-n2c(O)c3ccccc3c2O)cc1)c1ccc(NS(=O)(=O)c2cccs2)cc1. The molecule has 0 unspecified atom stereocenters. The third-order valence-corrected chi connectivity index (χ3v) is 8.36. The zero-order valence-electron chi connectivity index (χ0n) is 19.3. The van der Waals surface area contributed by atoms with E-state index in [0.29, 0.717) is 16.5 Å². The molecule has 3 aromatic carbocycles. The highest BCUT2D eigenvalue weighted by molar-refractivity contribution is 7.94. The van der Waals surface area contributed by atoms with Crippen LogP contribution in [0.25, 0.3) is 16.5 Å². The Morgan fingerprint density at radius 2 is 1.26 bits per heavy atom. The van der Waals surface area contributed by atoms with Crippen LogP contribution in [0.1, 0.15) is 20.7 Å². The molecule has 0 atom stereocenters. The van der Waals surface area contributed by atoms with Gasteiger partial charge in [-0.1, -0.05) is 18.2 Å². The highest BCUT2D eigenvalue weighted by Crippen LogP contribution is 2.38. The number of carbonyl (C=O) groups excluding carboxylic acids is 2. The predicted molar refractivity (Wildman–Crippen MR) is 142 cm³/mol. The van der Waals surface area contributed by atoms with Crippen LogP contribution >= 0.6 is 11.3 Å². The molecule has 5 aromatic rings. The second kappa shape index (κ2) is 9.92. The number of aromatic nitrogens is 1. The van der Waals surface area contributed by atoms with Gasteiger partial charge < -0.3 is 10.2 Å². The van der Waals surface area contributed by atoms with Gasteiger partial charge in [-0.15, -0.1) is 21.6 Å². The average Bonchev–Trinajstić information content (AvgIpc) is 3.56. The number of thiophene rings is 1. The lowest BCUT2D eigenvalue weighted by molar-refractivity contribution is 0.0947. The second-order valence-corrected chi connectivity index (χ2v) is 10.9. The number of fused-ring (bicyclic) bond motifs is 1. The number of benzene rings is 3. The van der Waals surface area contributed by atoms with Crippen molar-refractivity contribution in [3.63, 3.8) is 0 Å². The van der Waals surface area contributed by atoms with Gasteiger partial charge in [-0.25, -0.2) is 8.42 Å². The minimum absolute atomic E-state index is 0.113. The summed E-state index contributed by atoms with van der Waals surface area (Å²) in [5.74, 6) is -1.84. The zero-order valence-corrected chi connectivity index (χ0v) is 21.0. The molecule has 2 amide bonds. The number of rotatable bonds is 6. The van der Waals surface area contributed by atoms with E-state index in [9.17, 15) is 28.2 Å². The Morgan fingerprint density at radius 3 is 1.76 bits per heavy atom. The van der Waals surface area contributed by atoms with Crippen LogP contribution < -0.4 is 4.72 Å². The summed E-state index contributed by atoms with van der Waals surface area (Å²) in [5.41, 5.74) is 0.923. The van der Waals surface area contributed by atoms with E-state index in [1.165, 1.54) is 59.2 Å². The summed E-state index contributed by atoms with van der Waals surface area (Å²) in [4.78, 5) is 24.8. The first kappa shape index (κ1) is 24.9. The zero-order chi connectivity index (χ0) is 26.9. The first-order valence-electron chi connectivity index (χ1n) is 11.0. The maximum atomic E-state index is 12.4. The summed E-state index contributed by atoms with van der Waals surface area (Å²) in [7, 11) is -3.72. The van der Waals surface area contributed by atoms with Crippen molar-refractivity contribution in [2.24, 2.45) is 10.2 Å². The van der Waals surface area contributed by atoms with E-state index in [2.05, 4.69) is 15.0 Å². The minimum Gasteiger partial charge on any atom is -0.494 e. The fourth-order valence-electron chi connectivity index (χ4n) is 3.72. The number of aromatic hydroxyl groups is 2. The van der Waals surface area contributed by atoms with Gasteiger partial charge >= 0.3 is 0 Å². The lowest BCUT2D eigenvalue weighted by Gasteiger charge is -2.07. The molecule has 0 saturated carbocycles. The van der Waals surface area contributed by atoms with Gasteiger partial charge in [0.2, 0.25) is 11.8 Å². The molecule has 2 aromatic heterocycles.